The van der Waals surface area contributed by atoms with Gasteiger partial charge in [0, 0.05) is 5.41 Å². The summed E-state index contributed by atoms with van der Waals surface area (Å²) in [6.07, 6.45) is 12.9. The summed E-state index contributed by atoms with van der Waals surface area (Å²) in [4.78, 5) is 0. The summed E-state index contributed by atoms with van der Waals surface area (Å²) in [5.41, 5.74) is 4.16. The van der Waals surface area contributed by atoms with E-state index in [2.05, 4.69) is 40.7 Å². The zero-order valence-electron chi connectivity index (χ0n) is 14.2. The van der Waals surface area contributed by atoms with Crippen LogP contribution >= 0.6 is 0 Å². The van der Waals surface area contributed by atoms with Crippen LogP contribution in [0.4, 0.5) is 0 Å². The molecule has 0 nitrogen and oxygen atoms in total. The van der Waals surface area contributed by atoms with Gasteiger partial charge in [0.25, 0.3) is 0 Å². The molecule has 3 saturated carbocycles. The van der Waals surface area contributed by atoms with Gasteiger partial charge in [0.05, 0.1) is 0 Å². The summed E-state index contributed by atoms with van der Waals surface area (Å²) in [5.74, 6) is 1.78. The predicted octanol–water partition coefficient (Wildman–Crippen LogP) is 5.98. The largest absolute Gasteiger partial charge is 0.0839 e. The molecule has 0 aromatic rings. The van der Waals surface area contributed by atoms with Crippen LogP contribution in [0.2, 0.25) is 0 Å². The monoisotopic (exact) mass is 272 g/mol. The molecule has 0 heterocycles. The van der Waals surface area contributed by atoms with Crippen molar-refractivity contribution < 1.29 is 0 Å². The van der Waals surface area contributed by atoms with Crippen LogP contribution in [-0.2, 0) is 0 Å². The summed E-state index contributed by atoms with van der Waals surface area (Å²) in [6, 6.07) is 0. The lowest BCUT2D eigenvalue weighted by molar-refractivity contribution is -0.0000699. The molecule has 3 fully saturated rings. The first-order valence-corrected chi connectivity index (χ1v) is 8.97. The smallest absolute Gasteiger partial charge is 0.00584 e. The van der Waals surface area contributed by atoms with Crippen molar-refractivity contribution in [3.63, 3.8) is 0 Å². The van der Waals surface area contributed by atoms with Crippen molar-refractivity contribution in [3.05, 3.63) is 11.6 Å². The minimum Gasteiger partial charge on any atom is -0.0839 e. The quantitative estimate of drug-likeness (QED) is 0.476. The van der Waals surface area contributed by atoms with Gasteiger partial charge in [-0.2, -0.15) is 0 Å². The van der Waals surface area contributed by atoms with Crippen LogP contribution in [0, 0.1) is 33.5 Å². The Morgan fingerprint density at radius 2 is 1.75 bits per heavy atom. The maximum atomic E-state index is 2.71. The molecule has 112 valence electrons. The number of rotatable bonds is 0. The zero-order valence-corrected chi connectivity index (χ0v) is 14.2. The average Bonchev–Trinajstić information content (AvgIpc) is 2.82. The van der Waals surface area contributed by atoms with Crippen molar-refractivity contribution in [2.45, 2.75) is 79.6 Å². The first kappa shape index (κ1) is 13.4. The van der Waals surface area contributed by atoms with E-state index in [4.69, 9.17) is 0 Å². The van der Waals surface area contributed by atoms with Crippen LogP contribution in [-0.4, -0.2) is 0 Å². The normalized spacial score (nSPS) is 56.1. The lowest BCUT2D eigenvalue weighted by Crippen LogP contribution is -2.47. The van der Waals surface area contributed by atoms with Gasteiger partial charge in [-0.1, -0.05) is 52.7 Å². The Morgan fingerprint density at radius 3 is 2.50 bits per heavy atom. The van der Waals surface area contributed by atoms with E-state index in [1.807, 2.05) is 5.57 Å². The van der Waals surface area contributed by atoms with Gasteiger partial charge >= 0.3 is 0 Å². The summed E-state index contributed by atoms with van der Waals surface area (Å²) >= 11 is 0. The van der Waals surface area contributed by atoms with Gasteiger partial charge in [-0.3, -0.25) is 0 Å². The van der Waals surface area contributed by atoms with Gasteiger partial charge in [0.2, 0.25) is 0 Å². The molecule has 5 atom stereocenters. The second kappa shape index (κ2) is 3.55. The Balaban J connectivity index is 1.99. The Hall–Kier alpha value is -0.260. The molecule has 0 aromatic heterocycles. The maximum absolute atomic E-state index is 2.71. The van der Waals surface area contributed by atoms with E-state index >= 15 is 0 Å². The number of hydrogen-bond acceptors (Lipinski definition) is 0. The summed E-state index contributed by atoms with van der Waals surface area (Å²) in [7, 11) is 0. The van der Waals surface area contributed by atoms with Crippen molar-refractivity contribution in [2.24, 2.45) is 33.5 Å². The average molecular weight is 272 g/mol. The van der Waals surface area contributed by atoms with Gasteiger partial charge in [-0.25, -0.2) is 0 Å². The molecular weight excluding hydrogens is 240 g/mol. The molecule has 0 N–H and O–H groups in total. The predicted molar refractivity (Wildman–Crippen MR) is 85.5 cm³/mol. The third-order valence-electron chi connectivity index (χ3n) is 8.33. The highest BCUT2D eigenvalue weighted by molar-refractivity contribution is 5.40. The zero-order chi connectivity index (χ0) is 14.4. The molecule has 0 heteroatoms. The summed E-state index contributed by atoms with van der Waals surface area (Å²) < 4.78 is 0. The number of allylic oxidation sites excluding steroid dienone is 2. The van der Waals surface area contributed by atoms with Crippen LogP contribution in [0.3, 0.4) is 0 Å². The molecule has 4 rings (SSSR count). The fourth-order valence-electron chi connectivity index (χ4n) is 8.18. The van der Waals surface area contributed by atoms with Crippen LogP contribution < -0.4 is 0 Å². The molecule has 1 spiro atoms. The van der Waals surface area contributed by atoms with Gasteiger partial charge in [-0.05, 0) is 66.6 Å². The molecule has 4 aliphatic rings. The van der Waals surface area contributed by atoms with Crippen molar-refractivity contribution in [1.82, 2.24) is 0 Å². The van der Waals surface area contributed by atoms with Crippen molar-refractivity contribution >= 4 is 0 Å². The highest BCUT2D eigenvalue weighted by Gasteiger charge is 2.75. The van der Waals surface area contributed by atoms with Gasteiger partial charge in [0.15, 0.2) is 0 Å². The minimum atomic E-state index is 0.552. The molecule has 0 bridgehead atoms. The standard InChI is InChI=1S/C20H32/c1-14-7-6-10-18(4)12-9-16-17(2,3)13-19(5)11-8-15(14)20(16,18)19/h8,14,16H,6-7,9-13H2,1-5H3/t14-,16-,18?,19-,20?/m1/s1. The third-order valence-corrected chi connectivity index (χ3v) is 8.33. The van der Waals surface area contributed by atoms with Crippen LogP contribution in [0.25, 0.3) is 0 Å². The van der Waals surface area contributed by atoms with E-state index in [0.717, 1.165) is 11.8 Å². The van der Waals surface area contributed by atoms with E-state index in [1.54, 1.807) is 0 Å². The fraction of sp³-hybridized carbons (Fsp3) is 0.900. The molecule has 4 aliphatic carbocycles. The third kappa shape index (κ3) is 1.19. The van der Waals surface area contributed by atoms with E-state index in [1.165, 1.54) is 44.9 Å². The molecule has 0 radical (unpaired) electrons. The van der Waals surface area contributed by atoms with Crippen molar-refractivity contribution in [2.75, 3.05) is 0 Å². The Kier molecular flexibility index (Phi) is 2.38. The Bertz CT molecular complexity index is 484. The molecule has 0 saturated heterocycles. The fourth-order valence-corrected chi connectivity index (χ4v) is 8.18. The highest BCUT2D eigenvalue weighted by Crippen LogP contribution is 2.83. The first-order chi connectivity index (χ1) is 9.27. The second-order valence-corrected chi connectivity index (χ2v) is 9.84. The van der Waals surface area contributed by atoms with Crippen LogP contribution in [0.1, 0.15) is 79.6 Å². The van der Waals surface area contributed by atoms with E-state index < -0.39 is 0 Å². The van der Waals surface area contributed by atoms with E-state index in [9.17, 15) is 0 Å². The lowest BCUT2D eigenvalue weighted by atomic mass is 9.51. The second-order valence-electron chi connectivity index (χ2n) is 9.84. The molecule has 2 unspecified atom stereocenters. The van der Waals surface area contributed by atoms with Crippen LogP contribution in [0.15, 0.2) is 11.6 Å². The molecule has 20 heavy (non-hydrogen) atoms. The summed E-state index contributed by atoms with van der Waals surface area (Å²) in [6.45, 7) is 13.0. The SMILES string of the molecule is C[C@@H]1CCCC2(C)CC[C@@H]3C(C)(C)C[C@@]4(C)CC=C1C324. The first-order valence-electron chi connectivity index (χ1n) is 8.97. The van der Waals surface area contributed by atoms with E-state index in [0.29, 0.717) is 21.7 Å². The highest BCUT2D eigenvalue weighted by atomic mass is 14.8. The van der Waals surface area contributed by atoms with E-state index in [-0.39, 0.29) is 0 Å². The molecule has 0 amide bonds. The Morgan fingerprint density at radius 1 is 1.00 bits per heavy atom. The topological polar surface area (TPSA) is 0 Å². The van der Waals surface area contributed by atoms with Crippen LogP contribution in [0.5, 0.6) is 0 Å². The Labute approximate surface area is 125 Å². The van der Waals surface area contributed by atoms with Crippen molar-refractivity contribution in [3.8, 4) is 0 Å². The lowest BCUT2D eigenvalue weighted by Gasteiger charge is -2.52. The van der Waals surface area contributed by atoms with Gasteiger partial charge in [-0.15, -0.1) is 0 Å². The van der Waals surface area contributed by atoms with Crippen molar-refractivity contribution in [1.29, 1.82) is 0 Å². The maximum Gasteiger partial charge on any atom is 0.00584 e. The van der Waals surface area contributed by atoms with Gasteiger partial charge < -0.3 is 0 Å². The number of hydrogen-bond donors (Lipinski definition) is 0. The molecule has 0 aromatic carbocycles. The minimum absolute atomic E-state index is 0.552. The molecular formula is C20H32. The van der Waals surface area contributed by atoms with Gasteiger partial charge in [0.1, 0.15) is 0 Å². The molecule has 0 aliphatic heterocycles. The summed E-state index contributed by atoms with van der Waals surface area (Å²) in [5, 5.41) is 0.